The molecule has 0 saturated carbocycles. The zero-order valence-electron chi connectivity index (χ0n) is 14.0. The Balaban J connectivity index is 1.87. The van der Waals surface area contributed by atoms with Gasteiger partial charge in [0.15, 0.2) is 0 Å². The number of thiophene rings is 1. The first kappa shape index (κ1) is 18.1. The molecular weight excluding hydrogens is 356 g/mol. The molecule has 26 heavy (non-hydrogen) atoms. The van der Waals surface area contributed by atoms with Crippen molar-refractivity contribution >= 4 is 35.3 Å². The van der Waals surface area contributed by atoms with Gasteiger partial charge < -0.3 is 19.6 Å². The molecule has 1 N–H and O–H groups in total. The molecule has 0 bridgehead atoms. The molecule has 3 rings (SSSR count). The van der Waals surface area contributed by atoms with E-state index < -0.39 is 5.97 Å². The van der Waals surface area contributed by atoms with Gasteiger partial charge in [-0.25, -0.2) is 4.79 Å². The maximum Gasteiger partial charge on any atom is 0.348 e. The number of anilines is 1. The van der Waals surface area contributed by atoms with Crippen molar-refractivity contribution in [2.75, 3.05) is 37.7 Å². The molecule has 2 amide bonds. The largest absolute Gasteiger partial charge is 0.477 e. The third-order valence-electron chi connectivity index (χ3n) is 4.07. The van der Waals surface area contributed by atoms with Crippen LogP contribution in [0.4, 0.5) is 5.69 Å². The van der Waals surface area contributed by atoms with Crippen LogP contribution in [0.25, 0.3) is 10.4 Å². The molecule has 0 radical (unpaired) electrons. The van der Waals surface area contributed by atoms with Gasteiger partial charge in [0.25, 0.3) is 0 Å². The minimum atomic E-state index is -1.13. The summed E-state index contributed by atoms with van der Waals surface area (Å²) in [5, 5.41) is 9.51. The predicted octanol–water partition coefficient (Wildman–Crippen LogP) is 1.93. The molecule has 1 fully saturated rings. The number of carboxylic acid groups (broad SMARTS) is 1. The van der Waals surface area contributed by atoms with Gasteiger partial charge in [-0.15, -0.1) is 11.3 Å². The van der Waals surface area contributed by atoms with Crippen molar-refractivity contribution in [2.24, 2.45) is 0 Å². The first-order valence-electron chi connectivity index (χ1n) is 8.10. The van der Waals surface area contributed by atoms with Crippen LogP contribution in [0.2, 0.25) is 0 Å². The summed E-state index contributed by atoms with van der Waals surface area (Å²) in [7, 11) is 0. The molecule has 8 heteroatoms. The number of benzene rings is 1. The van der Waals surface area contributed by atoms with E-state index in [-0.39, 0.29) is 23.0 Å². The van der Waals surface area contributed by atoms with E-state index in [1.165, 1.54) is 0 Å². The SMILES string of the molecule is O=CN(CC(=O)N1CCOCC1)c1cc(-c2ccccc2)sc1C(=O)O. The van der Waals surface area contributed by atoms with E-state index in [0.717, 1.165) is 26.7 Å². The van der Waals surface area contributed by atoms with Crippen LogP contribution < -0.4 is 4.90 Å². The molecule has 136 valence electrons. The van der Waals surface area contributed by atoms with Gasteiger partial charge in [0.2, 0.25) is 12.3 Å². The quantitative estimate of drug-likeness (QED) is 0.781. The van der Waals surface area contributed by atoms with Crippen LogP contribution in [0.1, 0.15) is 9.67 Å². The van der Waals surface area contributed by atoms with E-state index >= 15 is 0 Å². The van der Waals surface area contributed by atoms with E-state index in [4.69, 9.17) is 4.74 Å². The maximum atomic E-state index is 12.4. The zero-order chi connectivity index (χ0) is 18.5. The van der Waals surface area contributed by atoms with Crippen LogP contribution in [-0.4, -0.2) is 61.1 Å². The number of morpholine rings is 1. The van der Waals surface area contributed by atoms with Crippen molar-refractivity contribution in [3.05, 3.63) is 41.3 Å². The van der Waals surface area contributed by atoms with Gasteiger partial charge in [-0.3, -0.25) is 9.59 Å². The normalized spacial score (nSPS) is 14.1. The van der Waals surface area contributed by atoms with Crippen LogP contribution in [0.5, 0.6) is 0 Å². The first-order chi connectivity index (χ1) is 12.6. The molecule has 0 atom stereocenters. The molecule has 1 aromatic heterocycles. The van der Waals surface area contributed by atoms with E-state index in [0.29, 0.717) is 32.7 Å². The first-order valence-corrected chi connectivity index (χ1v) is 8.92. The Labute approximate surface area is 154 Å². The smallest absolute Gasteiger partial charge is 0.348 e. The third kappa shape index (κ3) is 3.92. The highest BCUT2D eigenvalue weighted by Gasteiger charge is 2.25. The van der Waals surface area contributed by atoms with Crippen LogP contribution in [0.15, 0.2) is 36.4 Å². The molecule has 0 spiro atoms. The van der Waals surface area contributed by atoms with E-state index in [1.807, 2.05) is 30.3 Å². The fraction of sp³-hybridized carbons (Fsp3) is 0.278. The number of hydrogen-bond acceptors (Lipinski definition) is 5. The highest BCUT2D eigenvalue weighted by Crippen LogP contribution is 2.36. The maximum absolute atomic E-state index is 12.4. The number of amides is 2. The second-order valence-corrected chi connectivity index (χ2v) is 6.77. The van der Waals surface area contributed by atoms with Crippen molar-refractivity contribution in [2.45, 2.75) is 0 Å². The lowest BCUT2D eigenvalue weighted by Crippen LogP contribution is -2.45. The second kappa shape index (κ2) is 8.11. The van der Waals surface area contributed by atoms with E-state index in [1.54, 1.807) is 11.0 Å². The standard InChI is InChI=1S/C18H18N2O5S/c21-12-20(11-16(22)19-6-8-25-9-7-19)14-10-15(26-17(14)18(23)24)13-4-2-1-3-5-13/h1-5,10,12H,6-9,11H2,(H,23,24). The number of rotatable bonds is 6. The van der Waals surface area contributed by atoms with Gasteiger partial charge in [0.1, 0.15) is 11.4 Å². The van der Waals surface area contributed by atoms with Gasteiger partial charge >= 0.3 is 5.97 Å². The minimum absolute atomic E-state index is 0.0331. The van der Waals surface area contributed by atoms with Gasteiger partial charge in [0, 0.05) is 18.0 Å². The highest BCUT2D eigenvalue weighted by atomic mass is 32.1. The van der Waals surface area contributed by atoms with Crippen LogP contribution in [-0.2, 0) is 14.3 Å². The molecule has 0 aliphatic carbocycles. The molecule has 0 unspecified atom stereocenters. The summed E-state index contributed by atoms with van der Waals surface area (Å²) in [6.07, 6.45) is 0.502. The Morgan fingerprint density at radius 3 is 2.54 bits per heavy atom. The molecule has 1 aliphatic rings. The number of nitrogens with zero attached hydrogens (tertiary/aromatic N) is 2. The fourth-order valence-corrected chi connectivity index (χ4v) is 3.74. The average Bonchev–Trinajstić information content (AvgIpc) is 3.13. The lowest BCUT2D eigenvalue weighted by atomic mass is 10.2. The van der Waals surface area contributed by atoms with Gasteiger partial charge in [-0.05, 0) is 11.6 Å². The summed E-state index contributed by atoms with van der Waals surface area (Å²) in [5.74, 6) is -1.36. The molecule has 1 aliphatic heterocycles. The molecule has 2 aromatic rings. The monoisotopic (exact) mass is 374 g/mol. The molecular formula is C18H18N2O5S. The van der Waals surface area contributed by atoms with Crippen LogP contribution >= 0.6 is 11.3 Å². The number of ether oxygens (including phenoxy) is 1. The Morgan fingerprint density at radius 2 is 1.92 bits per heavy atom. The highest BCUT2D eigenvalue weighted by molar-refractivity contribution is 7.18. The molecule has 2 heterocycles. The molecule has 1 saturated heterocycles. The summed E-state index contributed by atoms with van der Waals surface area (Å²) < 4.78 is 5.22. The third-order valence-corrected chi connectivity index (χ3v) is 5.23. The summed E-state index contributed by atoms with van der Waals surface area (Å²) in [4.78, 5) is 39.2. The van der Waals surface area contributed by atoms with Crippen molar-refractivity contribution < 1.29 is 24.2 Å². The minimum Gasteiger partial charge on any atom is -0.477 e. The van der Waals surface area contributed by atoms with Crippen molar-refractivity contribution in [1.82, 2.24) is 4.90 Å². The van der Waals surface area contributed by atoms with Gasteiger partial charge in [0.05, 0.1) is 18.9 Å². The summed E-state index contributed by atoms with van der Waals surface area (Å²) in [6, 6.07) is 11.0. The molecule has 1 aromatic carbocycles. The Hall–Kier alpha value is -2.71. The van der Waals surface area contributed by atoms with Gasteiger partial charge in [-0.1, -0.05) is 30.3 Å². The average molecular weight is 374 g/mol. The predicted molar refractivity (Wildman–Crippen MR) is 97.5 cm³/mol. The van der Waals surface area contributed by atoms with E-state index in [2.05, 4.69) is 0 Å². The Kier molecular flexibility index (Phi) is 5.65. The summed E-state index contributed by atoms with van der Waals surface area (Å²) in [6.45, 7) is 1.66. The summed E-state index contributed by atoms with van der Waals surface area (Å²) >= 11 is 1.08. The number of hydrogen-bond donors (Lipinski definition) is 1. The number of aromatic carboxylic acids is 1. The lowest BCUT2D eigenvalue weighted by Gasteiger charge is -2.28. The fourth-order valence-electron chi connectivity index (χ4n) is 2.73. The van der Waals surface area contributed by atoms with Crippen molar-refractivity contribution in [1.29, 1.82) is 0 Å². The second-order valence-electron chi connectivity index (χ2n) is 5.72. The number of carboxylic acids is 1. The van der Waals surface area contributed by atoms with E-state index in [9.17, 15) is 19.5 Å². The van der Waals surface area contributed by atoms with Crippen molar-refractivity contribution in [3.63, 3.8) is 0 Å². The lowest BCUT2D eigenvalue weighted by molar-refractivity contribution is -0.134. The van der Waals surface area contributed by atoms with Crippen LogP contribution in [0, 0.1) is 0 Å². The Morgan fingerprint density at radius 1 is 1.23 bits per heavy atom. The van der Waals surface area contributed by atoms with Gasteiger partial charge in [-0.2, -0.15) is 0 Å². The number of carbonyl (C=O) groups excluding carboxylic acids is 2. The Bertz CT molecular complexity index is 799. The topological polar surface area (TPSA) is 87.2 Å². The molecule has 7 nitrogen and oxygen atoms in total. The number of carbonyl (C=O) groups is 3. The summed E-state index contributed by atoms with van der Waals surface area (Å²) in [5.41, 5.74) is 1.09. The van der Waals surface area contributed by atoms with Crippen LogP contribution in [0.3, 0.4) is 0 Å². The zero-order valence-corrected chi connectivity index (χ0v) is 14.8. The van der Waals surface area contributed by atoms with Crippen molar-refractivity contribution in [3.8, 4) is 10.4 Å².